The molecule has 0 radical (unpaired) electrons. The molecule has 2 aromatic carbocycles. The molecule has 1 fully saturated rings. The number of carbonyl (C=O) groups excluding carboxylic acids is 1. The summed E-state index contributed by atoms with van der Waals surface area (Å²) in [6.07, 6.45) is 1.78. The zero-order chi connectivity index (χ0) is 18.9. The highest BCUT2D eigenvalue weighted by atomic mass is 16.5. The molecular weight excluding hydrogens is 340 g/mol. The molecule has 0 spiro atoms. The summed E-state index contributed by atoms with van der Waals surface area (Å²) >= 11 is 0. The number of hydroxylamine groups is 3. The molecule has 6 nitrogen and oxygen atoms in total. The van der Waals surface area contributed by atoms with E-state index in [9.17, 15) is 10.0 Å². The van der Waals surface area contributed by atoms with Crippen LogP contribution < -0.4 is 5.32 Å². The normalized spacial score (nSPS) is 16.3. The maximum atomic E-state index is 12.6. The number of aromatic nitrogens is 1. The minimum absolute atomic E-state index is 0.0180. The molecule has 6 heteroatoms. The summed E-state index contributed by atoms with van der Waals surface area (Å²) < 4.78 is -0.271. The number of hydrogen-bond donors (Lipinski definition) is 1. The number of nitrogens with zero attached hydrogens (tertiary/aromatic N) is 3. The fraction of sp³-hybridized carbons (Fsp3) is 0.238. The van der Waals surface area contributed by atoms with Gasteiger partial charge in [-0.2, -0.15) is 0 Å². The number of para-hydroxylation sites is 1. The first-order valence-corrected chi connectivity index (χ1v) is 9.07. The van der Waals surface area contributed by atoms with Crippen LogP contribution in [0.3, 0.4) is 0 Å². The van der Waals surface area contributed by atoms with Gasteiger partial charge in [-0.05, 0) is 36.4 Å². The average Bonchev–Trinajstić information content (AvgIpc) is 2.68. The predicted molar refractivity (Wildman–Crippen MR) is 107 cm³/mol. The molecule has 1 aliphatic heterocycles. The lowest BCUT2D eigenvalue weighted by molar-refractivity contribution is -0.864. The first kappa shape index (κ1) is 17.5. The highest BCUT2D eigenvalue weighted by molar-refractivity contribution is 5.95. The molecule has 0 unspecified atom stereocenters. The number of quaternary nitrogens is 1. The van der Waals surface area contributed by atoms with Gasteiger partial charge in [-0.3, -0.25) is 9.78 Å². The van der Waals surface area contributed by atoms with E-state index < -0.39 is 0 Å². The van der Waals surface area contributed by atoms with E-state index in [0.29, 0.717) is 31.7 Å². The quantitative estimate of drug-likeness (QED) is 0.573. The Morgan fingerprint density at radius 1 is 1.07 bits per heavy atom. The summed E-state index contributed by atoms with van der Waals surface area (Å²) in [6.45, 7) is 1.89. The molecular formula is C21H22N4O2. The monoisotopic (exact) mass is 362 g/mol. The molecule has 138 valence electrons. The Balaban J connectivity index is 1.48. The van der Waals surface area contributed by atoms with Crippen molar-refractivity contribution in [2.45, 2.75) is 0 Å². The number of carbonyl (C=O) groups is 1. The van der Waals surface area contributed by atoms with Crippen LogP contribution >= 0.6 is 0 Å². The Bertz CT molecular complexity index is 954. The molecule has 1 aromatic heterocycles. The molecule has 1 amide bonds. The third-order valence-electron chi connectivity index (χ3n) is 5.03. The number of benzene rings is 2. The Hall–Kier alpha value is -2.96. The van der Waals surface area contributed by atoms with Crippen molar-refractivity contribution in [3.05, 3.63) is 71.6 Å². The highest BCUT2D eigenvalue weighted by Gasteiger charge is 2.25. The van der Waals surface area contributed by atoms with Crippen LogP contribution in [0.5, 0.6) is 0 Å². The molecule has 0 saturated carbocycles. The van der Waals surface area contributed by atoms with Gasteiger partial charge in [0.2, 0.25) is 0 Å². The van der Waals surface area contributed by atoms with E-state index in [-0.39, 0.29) is 10.6 Å². The zero-order valence-corrected chi connectivity index (χ0v) is 15.3. The van der Waals surface area contributed by atoms with Crippen LogP contribution in [0.1, 0.15) is 10.4 Å². The molecule has 4 rings (SSSR count). The second kappa shape index (κ2) is 6.98. The van der Waals surface area contributed by atoms with Gasteiger partial charge in [0.05, 0.1) is 38.7 Å². The van der Waals surface area contributed by atoms with E-state index in [1.54, 1.807) is 18.1 Å². The molecule has 27 heavy (non-hydrogen) atoms. The Labute approximate surface area is 158 Å². The molecule has 2 heterocycles. The average molecular weight is 362 g/mol. The van der Waals surface area contributed by atoms with E-state index in [2.05, 4.69) is 10.3 Å². The Kier molecular flexibility index (Phi) is 4.51. The predicted octanol–water partition coefficient (Wildman–Crippen LogP) is 3.38. The number of anilines is 2. The van der Waals surface area contributed by atoms with Gasteiger partial charge in [0.15, 0.2) is 0 Å². The molecule has 1 aliphatic rings. The molecule has 1 N–H and O–H groups in total. The van der Waals surface area contributed by atoms with Gasteiger partial charge < -0.3 is 20.1 Å². The first-order chi connectivity index (χ1) is 13.0. The number of amides is 1. The second-order valence-electron chi connectivity index (χ2n) is 7.11. The summed E-state index contributed by atoms with van der Waals surface area (Å²) in [7, 11) is 1.66. The van der Waals surface area contributed by atoms with Crippen molar-refractivity contribution in [2.75, 3.05) is 38.5 Å². The summed E-state index contributed by atoms with van der Waals surface area (Å²) in [5.41, 5.74) is 3.46. The number of rotatable bonds is 3. The molecule has 0 atom stereocenters. The van der Waals surface area contributed by atoms with Gasteiger partial charge in [-0.15, -0.1) is 0 Å². The summed E-state index contributed by atoms with van der Waals surface area (Å²) in [5, 5.41) is 16.4. The van der Waals surface area contributed by atoms with Gasteiger partial charge >= 0.3 is 0 Å². The van der Waals surface area contributed by atoms with Gasteiger partial charge in [-0.25, -0.2) is 0 Å². The molecule has 1 saturated heterocycles. The van der Waals surface area contributed by atoms with Crippen molar-refractivity contribution in [2.24, 2.45) is 0 Å². The van der Waals surface area contributed by atoms with E-state index >= 15 is 0 Å². The lowest BCUT2D eigenvalue weighted by atomic mass is 10.1. The zero-order valence-electron chi connectivity index (χ0n) is 15.3. The third-order valence-corrected chi connectivity index (χ3v) is 5.03. The Morgan fingerprint density at radius 2 is 1.78 bits per heavy atom. The SMILES string of the molecule is C[N+]1([O-])CCN(C(=O)c2ccc(Nc3ccnc4ccccc34)cc2)CC1. The standard InChI is InChI=1S/C21H22N4O2/c1-25(27)14-12-24(13-15-25)21(26)16-6-8-17(9-7-16)23-20-10-11-22-19-5-3-2-4-18(19)20/h2-11H,12-15H2,1H3,(H,22,23). The van der Waals surface area contributed by atoms with Gasteiger partial charge in [0.1, 0.15) is 0 Å². The molecule has 0 bridgehead atoms. The second-order valence-corrected chi connectivity index (χ2v) is 7.11. The third kappa shape index (κ3) is 3.77. The van der Waals surface area contributed by atoms with Crippen LogP contribution in [0.15, 0.2) is 60.8 Å². The lowest BCUT2D eigenvalue weighted by Crippen LogP contribution is -2.55. The van der Waals surface area contributed by atoms with Crippen LogP contribution in [0.2, 0.25) is 0 Å². The summed E-state index contributed by atoms with van der Waals surface area (Å²) in [6, 6.07) is 17.4. The summed E-state index contributed by atoms with van der Waals surface area (Å²) in [4.78, 5) is 18.8. The number of likely N-dealkylation sites (N-methyl/N-ethyl adjacent to an activating group) is 1. The van der Waals surface area contributed by atoms with Gasteiger partial charge in [0, 0.05) is 28.5 Å². The Morgan fingerprint density at radius 3 is 2.52 bits per heavy atom. The highest BCUT2D eigenvalue weighted by Crippen LogP contribution is 2.25. The fourth-order valence-corrected chi connectivity index (χ4v) is 3.33. The van der Waals surface area contributed by atoms with Crippen LogP contribution in [0.4, 0.5) is 11.4 Å². The first-order valence-electron chi connectivity index (χ1n) is 9.07. The van der Waals surface area contributed by atoms with E-state index in [0.717, 1.165) is 22.3 Å². The lowest BCUT2D eigenvalue weighted by Gasteiger charge is -2.45. The minimum atomic E-state index is -0.271. The van der Waals surface area contributed by atoms with Crippen molar-refractivity contribution in [1.82, 2.24) is 9.88 Å². The van der Waals surface area contributed by atoms with Crippen molar-refractivity contribution in [3.8, 4) is 0 Å². The van der Waals surface area contributed by atoms with Crippen LogP contribution in [0.25, 0.3) is 10.9 Å². The van der Waals surface area contributed by atoms with E-state index in [1.807, 2.05) is 54.6 Å². The molecule has 0 aliphatic carbocycles. The van der Waals surface area contributed by atoms with Crippen molar-refractivity contribution >= 4 is 28.2 Å². The fourth-order valence-electron chi connectivity index (χ4n) is 3.33. The van der Waals surface area contributed by atoms with Crippen LogP contribution in [-0.2, 0) is 0 Å². The summed E-state index contributed by atoms with van der Waals surface area (Å²) in [5.74, 6) is -0.0180. The van der Waals surface area contributed by atoms with Gasteiger partial charge in [-0.1, -0.05) is 18.2 Å². The number of nitrogens with one attached hydrogen (secondary N) is 1. The number of piperazine rings is 1. The minimum Gasteiger partial charge on any atom is -0.633 e. The van der Waals surface area contributed by atoms with Crippen LogP contribution in [0, 0.1) is 5.21 Å². The van der Waals surface area contributed by atoms with Gasteiger partial charge in [0.25, 0.3) is 5.91 Å². The maximum absolute atomic E-state index is 12.6. The maximum Gasteiger partial charge on any atom is 0.254 e. The number of fused-ring (bicyclic) bond motifs is 1. The topological polar surface area (TPSA) is 68.3 Å². The van der Waals surface area contributed by atoms with Crippen molar-refractivity contribution < 1.29 is 9.44 Å². The smallest absolute Gasteiger partial charge is 0.254 e. The van der Waals surface area contributed by atoms with E-state index in [1.165, 1.54) is 0 Å². The van der Waals surface area contributed by atoms with Crippen molar-refractivity contribution in [1.29, 1.82) is 0 Å². The number of hydrogen-bond acceptors (Lipinski definition) is 4. The number of pyridine rings is 1. The van der Waals surface area contributed by atoms with E-state index in [4.69, 9.17) is 0 Å². The van der Waals surface area contributed by atoms with Crippen molar-refractivity contribution in [3.63, 3.8) is 0 Å². The largest absolute Gasteiger partial charge is 0.633 e. The van der Waals surface area contributed by atoms with Crippen LogP contribution in [-0.4, -0.2) is 53.7 Å². The molecule has 3 aromatic rings.